The Bertz CT molecular complexity index is 697. The van der Waals surface area contributed by atoms with Crippen LogP contribution in [0.1, 0.15) is 180 Å². The van der Waals surface area contributed by atoms with Gasteiger partial charge in [-0.3, -0.25) is 4.79 Å². The minimum Gasteiger partial charge on any atom is -0.477 e. The van der Waals surface area contributed by atoms with Gasteiger partial charge in [0.25, 0.3) is 6.29 Å². The Balaban J connectivity index is 3.40. The van der Waals surface area contributed by atoms with Crippen molar-refractivity contribution < 1.29 is 38.5 Å². The summed E-state index contributed by atoms with van der Waals surface area (Å²) < 4.78 is 16.2. The van der Waals surface area contributed by atoms with E-state index in [1.807, 2.05) is 21.1 Å². The van der Waals surface area contributed by atoms with Crippen molar-refractivity contribution >= 4 is 11.9 Å². The van der Waals surface area contributed by atoms with Gasteiger partial charge in [0, 0.05) is 6.42 Å². The number of quaternary nitrogens is 1. The Morgan fingerprint density at radius 3 is 1.26 bits per heavy atom. The number of unbranched alkanes of at least 4 members (excludes halogenated alkanes) is 25. The molecule has 0 heterocycles. The minimum absolute atomic E-state index is 0.213. The van der Waals surface area contributed by atoms with Gasteiger partial charge >= 0.3 is 11.9 Å². The first-order chi connectivity index (χ1) is 22.7. The summed E-state index contributed by atoms with van der Waals surface area (Å²) in [5, 5.41) is 19.2. The third kappa shape index (κ3) is 35.9. The molecule has 0 aliphatic heterocycles. The number of ether oxygens (including phenoxy) is 3. The van der Waals surface area contributed by atoms with Gasteiger partial charge in [0.2, 0.25) is 0 Å². The van der Waals surface area contributed by atoms with Crippen LogP contribution in [0.15, 0.2) is 0 Å². The number of hydrogen-bond donors (Lipinski definition) is 2. The molecule has 280 valence electrons. The molecular formula is C39H78NO7+. The van der Waals surface area contributed by atoms with Crippen molar-refractivity contribution in [3.05, 3.63) is 0 Å². The lowest BCUT2D eigenvalue weighted by Crippen LogP contribution is -2.40. The number of hydrogen-bond acceptors (Lipinski definition) is 6. The molecule has 0 aliphatic carbocycles. The normalized spacial score (nSPS) is 13.1. The van der Waals surface area contributed by atoms with E-state index in [-0.39, 0.29) is 25.8 Å². The number of nitrogens with zero attached hydrogens (tertiary/aromatic N) is 1. The zero-order valence-electron chi connectivity index (χ0n) is 31.5. The lowest BCUT2D eigenvalue weighted by atomic mass is 10.0. The second kappa shape index (κ2) is 33.3. The first kappa shape index (κ1) is 45.8. The molecule has 0 bridgehead atoms. The number of rotatable bonds is 37. The number of likely N-dealkylation sites (N-methyl/N-ethyl adjacent to an activating group) is 1. The zero-order chi connectivity index (χ0) is 34.9. The summed E-state index contributed by atoms with van der Waals surface area (Å²) in [5.74, 6) is -1.60. The van der Waals surface area contributed by atoms with E-state index in [4.69, 9.17) is 14.2 Å². The van der Waals surface area contributed by atoms with E-state index in [0.717, 1.165) is 19.3 Å². The summed E-state index contributed by atoms with van der Waals surface area (Å²) in [6.07, 6.45) is 32.9. The van der Waals surface area contributed by atoms with Crippen molar-refractivity contribution in [3.63, 3.8) is 0 Å². The number of aliphatic hydroxyl groups is 1. The average Bonchev–Trinajstić information content (AvgIpc) is 3.02. The van der Waals surface area contributed by atoms with E-state index in [1.165, 1.54) is 148 Å². The molecular weight excluding hydrogens is 594 g/mol. The van der Waals surface area contributed by atoms with Gasteiger partial charge in [0.05, 0.1) is 34.4 Å². The fourth-order valence-electron chi connectivity index (χ4n) is 5.72. The molecule has 2 N–H and O–H groups in total. The standard InChI is InChI=1S/C39H77NO7/c1-5-6-7-8-9-10-11-12-13-14-15-16-17-18-19-20-21-22-23-24-25-26-27-28-29-30-31-37(42)46-34-36(41)35-47-39(38(43)44)45-33-32-40(2,3)4/h36,39,41H,5-35H2,1-4H3/p+1. The number of esters is 1. The second-order valence-corrected chi connectivity index (χ2v) is 14.8. The van der Waals surface area contributed by atoms with Crippen LogP contribution in [-0.4, -0.2) is 86.5 Å². The second-order valence-electron chi connectivity index (χ2n) is 14.8. The van der Waals surface area contributed by atoms with Gasteiger partial charge in [-0.05, 0) is 6.42 Å². The number of carboxylic acids is 1. The predicted molar refractivity (Wildman–Crippen MR) is 194 cm³/mol. The molecule has 2 unspecified atom stereocenters. The fraction of sp³-hybridized carbons (Fsp3) is 0.949. The van der Waals surface area contributed by atoms with Crippen LogP contribution in [0, 0.1) is 0 Å². The van der Waals surface area contributed by atoms with E-state index >= 15 is 0 Å². The largest absolute Gasteiger partial charge is 0.477 e. The van der Waals surface area contributed by atoms with Crippen LogP contribution >= 0.6 is 0 Å². The third-order valence-electron chi connectivity index (χ3n) is 8.84. The molecule has 8 heteroatoms. The molecule has 0 aliphatic rings. The van der Waals surface area contributed by atoms with E-state index in [1.54, 1.807) is 0 Å². The van der Waals surface area contributed by atoms with E-state index < -0.39 is 18.4 Å². The van der Waals surface area contributed by atoms with E-state index in [9.17, 15) is 19.8 Å². The Morgan fingerprint density at radius 2 is 0.915 bits per heavy atom. The van der Waals surface area contributed by atoms with Gasteiger partial charge in [-0.2, -0.15) is 0 Å². The van der Waals surface area contributed by atoms with Crippen molar-refractivity contribution in [2.75, 3.05) is 47.5 Å². The molecule has 2 atom stereocenters. The molecule has 47 heavy (non-hydrogen) atoms. The smallest absolute Gasteiger partial charge is 0.361 e. The van der Waals surface area contributed by atoms with Crippen LogP contribution < -0.4 is 0 Å². The summed E-state index contributed by atoms with van der Waals surface area (Å²) in [5.41, 5.74) is 0. The van der Waals surface area contributed by atoms with Crippen molar-refractivity contribution in [3.8, 4) is 0 Å². The maximum atomic E-state index is 12.0. The SMILES string of the molecule is CCCCCCCCCCCCCCCCCCCCCCCCCCCCC(=O)OCC(O)COC(OCC[N+](C)(C)C)C(=O)O. The number of carbonyl (C=O) groups excluding carboxylic acids is 1. The quantitative estimate of drug-likeness (QED) is 0.0293. The summed E-state index contributed by atoms with van der Waals surface area (Å²) >= 11 is 0. The summed E-state index contributed by atoms with van der Waals surface area (Å²) in [6.45, 7) is 2.62. The summed E-state index contributed by atoms with van der Waals surface area (Å²) in [4.78, 5) is 23.3. The van der Waals surface area contributed by atoms with Crippen molar-refractivity contribution in [2.24, 2.45) is 0 Å². The number of aliphatic hydroxyl groups excluding tert-OH is 1. The highest BCUT2D eigenvalue weighted by molar-refractivity contribution is 5.70. The maximum Gasteiger partial charge on any atom is 0.361 e. The molecule has 0 saturated heterocycles. The molecule has 0 aromatic rings. The van der Waals surface area contributed by atoms with Gasteiger partial charge in [0.1, 0.15) is 19.3 Å². The lowest BCUT2D eigenvalue weighted by Gasteiger charge is -2.24. The Labute approximate surface area is 290 Å². The fourth-order valence-corrected chi connectivity index (χ4v) is 5.72. The number of carboxylic acid groups (broad SMARTS) is 1. The molecule has 0 amide bonds. The molecule has 0 spiro atoms. The van der Waals surface area contributed by atoms with Crippen LogP contribution in [0.3, 0.4) is 0 Å². The molecule has 0 fully saturated rings. The zero-order valence-corrected chi connectivity index (χ0v) is 31.5. The maximum absolute atomic E-state index is 12.0. The number of carbonyl (C=O) groups is 2. The molecule has 0 saturated carbocycles. The van der Waals surface area contributed by atoms with Gasteiger partial charge in [0.15, 0.2) is 0 Å². The van der Waals surface area contributed by atoms with Crippen LogP contribution in [0.4, 0.5) is 0 Å². The Kier molecular flexibility index (Phi) is 32.4. The highest BCUT2D eigenvalue weighted by Gasteiger charge is 2.22. The molecule has 0 radical (unpaired) electrons. The average molecular weight is 673 g/mol. The van der Waals surface area contributed by atoms with Crippen molar-refractivity contribution in [1.82, 2.24) is 0 Å². The highest BCUT2D eigenvalue weighted by Crippen LogP contribution is 2.16. The van der Waals surface area contributed by atoms with E-state index in [0.29, 0.717) is 17.4 Å². The first-order valence-corrected chi connectivity index (χ1v) is 19.8. The van der Waals surface area contributed by atoms with Crippen molar-refractivity contribution in [2.45, 2.75) is 193 Å². The first-order valence-electron chi connectivity index (χ1n) is 19.8. The van der Waals surface area contributed by atoms with Gasteiger partial charge < -0.3 is 28.9 Å². The predicted octanol–water partition coefficient (Wildman–Crippen LogP) is 9.59. The van der Waals surface area contributed by atoms with Crippen LogP contribution in [0.25, 0.3) is 0 Å². The lowest BCUT2D eigenvalue weighted by molar-refractivity contribution is -0.870. The van der Waals surface area contributed by atoms with Gasteiger partial charge in [-0.1, -0.05) is 167 Å². The monoisotopic (exact) mass is 673 g/mol. The molecule has 0 aromatic carbocycles. The third-order valence-corrected chi connectivity index (χ3v) is 8.84. The minimum atomic E-state index is -1.46. The Hall–Kier alpha value is -1.22. The summed E-state index contributed by atoms with van der Waals surface area (Å²) in [7, 11) is 5.92. The van der Waals surface area contributed by atoms with Crippen LogP contribution in [0.2, 0.25) is 0 Å². The van der Waals surface area contributed by atoms with Gasteiger partial charge in [-0.25, -0.2) is 4.79 Å². The van der Waals surface area contributed by atoms with Crippen LogP contribution in [0.5, 0.6) is 0 Å². The molecule has 8 nitrogen and oxygen atoms in total. The topological polar surface area (TPSA) is 102 Å². The summed E-state index contributed by atoms with van der Waals surface area (Å²) in [6, 6.07) is 0. The van der Waals surface area contributed by atoms with Gasteiger partial charge in [-0.15, -0.1) is 0 Å². The Morgan fingerprint density at radius 1 is 0.553 bits per heavy atom. The van der Waals surface area contributed by atoms with Crippen molar-refractivity contribution in [1.29, 1.82) is 0 Å². The molecule has 0 rings (SSSR count). The van der Waals surface area contributed by atoms with E-state index in [2.05, 4.69) is 6.92 Å². The highest BCUT2D eigenvalue weighted by atomic mass is 16.7. The number of aliphatic carboxylic acids is 1. The van der Waals surface area contributed by atoms with Crippen LogP contribution in [-0.2, 0) is 23.8 Å². The molecule has 0 aromatic heterocycles.